The number of carbonyl (C=O) groups is 1. The van der Waals surface area contributed by atoms with Crippen LogP contribution in [-0.4, -0.2) is 11.9 Å². The molecule has 2 heteroatoms. The molecule has 2 nitrogen and oxygen atoms in total. The van der Waals surface area contributed by atoms with E-state index in [2.05, 4.69) is 50.4 Å². The first kappa shape index (κ1) is 16.5. The third-order valence-electron chi connectivity index (χ3n) is 6.11. The fourth-order valence-corrected chi connectivity index (χ4v) is 4.67. The molecule has 2 aliphatic rings. The zero-order valence-electron chi connectivity index (χ0n) is 14.8. The van der Waals surface area contributed by atoms with E-state index in [9.17, 15) is 4.79 Å². The Kier molecular flexibility index (Phi) is 5.08. The zero-order chi connectivity index (χ0) is 16.4. The van der Waals surface area contributed by atoms with E-state index in [4.69, 9.17) is 0 Å². The Bertz CT molecular complexity index is 533. The van der Waals surface area contributed by atoms with Gasteiger partial charge in [-0.05, 0) is 67.4 Å². The van der Waals surface area contributed by atoms with Crippen LogP contribution >= 0.6 is 0 Å². The van der Waals surface area contributed by atoms with E-state index >= 15 is 0 Å². The van der Waals surface area contributed by atoms with Crippen LogP contribution in [-0.2, 0) is 11.2 Å². The van der Waals surface area contributed by atoms with Gasteiger partial charge >= 0.3 is 0 Å². The van der Waals surface area contributed by atoms with Crippen molar-refractivity contribution in [3.05, 3.63) is 35.4 Å². The average Bonchev–Trinajstić information content (AvgIpc) is 3.16. The Labute approximate surface area is 141 Å². The van der Waals surface area contributed by atoms with Gasteiger partial charge in [-0.2, -0.15) is 0 Å². The van der Waals surface area contributed by atoms with Gasteiger partial charge in [-0.25, -0.2) is 0 Å². The number of hydrogen-bond acceptors (Lipinski definition) is 1. The predicted octanol–water partition coefficient (Wildman–Crippen LogP) is 4.68. The van der Waals surface area contributed by atoms with Gasteiger partial charge in [0.15, 0.2) is 0 Å². The van der Waals surface area contributed by atoms with Crippen LogP contribution in [0.5, 0.6) is 0 Å². The Morgan fingerprint density at radius 2 is 1.87 bits per heavy atom. The maximum Gasteiger partial charge on any atom is 0.220 e. The second-order valence-electron chi connectivity index (χ2n) is 8.09. The minimum absolute atomic E-state index is 0.216. The monoisotopic (exact) mass is 313 g/mol. The Morgan fingerprint density at radius 3 is 2.43 bits per heavy atom. The molecule has 2 fully saturated rings. The van der Waals surface area contributed by atoms with Crippen molar-refractivity contribution in [1.82, 2.24) is 5.32 Å². The molecular formula is C21H31NO. The van der Waals surface area contributed by atoms with Crippen LogP contribution in [0.15, 0.2) is 24.3 Å². The van der Waals surface area contributed by atoms with Gasteiger partial charge in [-0.15, -0.1) is 0 Å². The second kappa shape index (κ2) is 7.07. The maximum atomic E-state index is 12.3. The molecule has 0 aliphatic heterocycles. The van der Waals surface area contributed by atoms with Gasteiger partial charge < -0.3 is 5.32 Å². The average molecular weight is 313 g/mol. The van der Waals surface area contributed by atoms with Crippen molar-refractivity contribution in [3.8, 4) is 0 Å². The molecule has 23 heavy (non-hydrogen) atoms. The normalized spacial score (nSPS) is 27.4. The summed E-state index contributed by atoms with van der Waals surface area (Å²) in [4.78, 5) is 12.3. The van der Waals surface area contributed by atoms with E-state index in [1.165, 1.54) is 36.8 Å². The number of nitrogens with one attached hydrogen (secondary N) is 1. The van der Waals surface area contributed by atoms with E-state index in [1.807, 2.05) is 0 Å². The van der Waals surface area contributed by atoms with Crippen molar-refractivity contribution in [2.75, 3.05) is 0 Å². The van der Waals surface area contributed by atoms with Crippen LogP contribution in [0, 0.1) is 17.8 Å². The van der Waals surface area contributed by atoms with E-state index in [0.717, 1.165) is 24.2 Å². The molecule has 0 radical (unpaired) electrons. The highest BCUT2D eigenvalue weighted by Gasteiger charge is 2.41. The Morgan fingerprint density at radius 1 is 1.13 bits per heavy atom. The largest absolute Gasteiger partial charge is 0.353 e. The fraction of sp³-hybridized carbons (Fsp3) is 0.667. The highest BCUT2D eigenvalue weighted by molar-refractivity contribution is 5.76. The van der Waals surface area contributed by atoms with Gasteiger partial charge in [-0.3, -0.25) is 4.79 Å². The summed E-state index contributed by atoms with van der Waals surface area (Å²) in [5.41, 5.74) is 2.63. The summed E-state index contributed by atoms with van der Waals surface area (Å²) < 4.78 is 0. The molecule has 0 heterocycles. The van der Waals surface area contributed by atoms with Crippen molar-refractivity contribution in [1.29, 1.82) is 0 Å². The summed E-state index contributed by atoms with van der Waals surface area (Å²) in [6.07, 6.45) is 7.00. The lowest BCUT2D eigenvalue weighted by atomic mass is 9.84. The van der Waals surface area contributed by atoms with Gasteiger partial charge in [-0.1, -0.05) is 44.5 Å². The molecule has 1 aromatic carbocycles. The molecule has 0 spiro atoms. The SMILES string of the molecule is CC(C)c1ccc(CCC(=O)N[C@@H](C)[C@H]2C[C@@H]3CC[C@@H]2C3)cc1. The Balaban J connectivity index is 1.44. The quantitative estimate of drug-likeness (QED) is 0.811. The predicted molar refractivity (Wildman–Crippen MR) is 95.4 cm³/mol. The van der Waals surface area contributed by atoms with E-state index in [0.29, 0.717) is 18.4 Å². The van der Waals surface area contributed by atoms with E-state index in [1.54, 1.807) is 0 Å². The molecule has 2 bridgehead atoms. The number of benzene rings is 1. The third-order valence-corrected chi connectivity index (χ3v) is 6.11. The minimum Gasteiger partial charge on any atom is -0.353 e. The first-order valence-corrected chi connectivity index (χ1v) is 9.41. The Hall–Kier alpha value is -1.31. The van der Waals surface area contributed by atoms with E-state index in [-0.39, 0.29) is 5.91 Å². The van der Waals surface area contributed by atoms with Crippen LogP contribution in [0.3, 0.4) is 0 Å². The highest BCUT2D eigenvalue weighted by atomic mass is 16.1. The number of carbonyl (C=O) groups excluding carboxylic acids is 1. The lowest BCUT2D eigenvalue weighted by molar-refractivity contribution is -0.122. The maximum absolute atomic E-state index is 12.3. The van der Waals surface area contributed by atoms with Gasteiger partial charge in [0.25, 0.3) is 0 Å². The van der Waals surface area contributed by atoms with Crippen molar-refractivity contribution in [2.24, 2.45) is 17.8 Å². The summed E-state index contributed by atoms with van der Waals surface area (Å²) >= 11 is 0. The fourth-order valence-electron chi connectivity index (χ4n) is 4.67. The van der Waals surface area contributed by atoms with Crippen LogP contribution in [0.25, 0.3) is 0 Å². The molecule has 1 amide bonds. The molecule has 2 aliphatic carbocycles. The van der Waals surface area contributed by atoms with Crippen molar-refractivity contribution >= 4 is 5.91 Å². The van der Waals surface area contributed by atoms with Crippen molar-refractivity contribution in [3.63, 3.8) is 0 Å². The summed E-state index contributed by atoms with van der Waals surface area (Å²) in [5.74, 6) is 3.33. The van der Waals surface area contributed by atoms with Gasteiger partial charge in [0.1, 0.15) is 0 Å². The number of rotatable bonds is 6. The van der Waals surface area contributed by atoms with Crippen LogP contribution in [0.4, 0.5) is 0 Å². The lowest BCUT2D eigenvalue weighted by Crippen LogP contribution is -2.40. The summed E-state index contributed by atoms with van der Waals surface area (Å²) in [7, 11) is 0. The molecule has 0 unspecified atom stereocenters. The minimum atomic E-state index is 0.216. The number of hydrogen-bond donors (Lipinski definition) is 1. The molecule has 3 rings (SSSR count). The van der Waals surface area contributed by atoms with Crippen LogP contribution in [0.1, 0.15) is 69.9 Å². The second-order valence-corrected chi connectivity index (χ2v) is 8.09. The molecule has 1 aromatic rings. The molecular weight excluding hydrogens is 282 g/mol. The molecule has 2 saturated carbocycles. The van der Waals surface area contributed by atoms with Gasteiger partial charge in [0, 0.05) is 12.5 Å². The molecule has 1 N–H and O–H groups in total. The summed E-state index contributed by atoms with van der Waals surface area (Å²) in [6, 6.07) is 9.07. The molecule has 126 valence electrons. The topological polar surface area (TPSA) is 29.1 Å². The van der Waals surface area contributed by atoms with Crippen LogP contribution < -0.4 is 5.32 Å². The summed E-state index contributed by atoms with van der Waals surface area (Å²) in [6.45, 7) is 6.62. The standard InChI is InChI=1S/C21H31NO/c1-14(2)18-8-4-16(5-9-18)7-11-21(23)22-15(3)20-13-17-6-10-19(20)12-17/h4-5,8-9,14-15,17,19-20H,6-7,10-13H2,1-3H3,(H,22,23)/t15-,17+,19+,20+/m0/s1. The smallest absolute Gasteiger partial charge is 0.220 e. The van der Waals surface area contributed by atoms with Crippen LogP contribution in [0.2, 0.25) is 0 Å². The summed E-state index contributed by atoms with van der Waals surface area (Å²) in [5, 5.41) is 3.27. The van der Waals surface area contributed by atoms with Gasteiger partial charge in [0.2, 0.25) is 5.91 Å². The zero-order valence-corrected chi connectivity index (χ0v) is 14.8. The van der Waals surface area contributed by atoms with E-state index < -0.39 is 0 Å². The molecule has 0 aromatic heterocycles. The lowest BCUT2D eigenvalue weighted by Gasteiger charge is -2.28. The first-order chi connectivity index (χ1) is 11.0. The van der Waals surface area contributed by atoms with Crippen molar-refractivity contribution < 1.29 is 4.79 Å². The first-order valence-electron chi connectivity index (χ1n) is 9.41. The third kappa shape index (κ3) is 3.97. The van der Waals surface area contributed by atoms with Crippen molar-refractivity contribution in [2.45, 2.75) is 71.3 Å². The molecule has 4 atom stereocenters. The van der Waals surface area contributed by atoms with Gasteiger partial charge in [0.05, 0.1) is 0 Å². The number of aryl methyl sites for hydroxylation is 1. The highest BCUT2D eigenvalue weighted by Crippen LogP contribution is 2.49. The molecule has 0 saturated heterocycles. The number of fused-ring (bicyclic) bond motifs is 2. The number of amides is 1.